The number of carbonyl (C=O) groups is 1. The van der Waals surface area contributed by atoms with Crippen LogP contribution in [0.3, 0.4) is 0 Å². The number of amides is 1. The van der Waals surface area contributed by atoms with Crippen molar-refractivity contribution in [2.24, 2.45) is 5.73 Å². The molecule has 2 N–H and O–H groups in total. The average Bonchev–Trinajstić information content (AvgIpc) is 3.31. The minimum absolute atomic E-state index is 0.534. The van der Waals surface area contributed by atoms with E-state index in [9.17, 15) is 4.79 Å². The molecule has 1 amide bonds. The number of hydrogen-bond acceptors (Lipinski definition) is 4. The molecule has 6 nitrogen and oxygen atoms in total. The lowest BCUT2D eigenvalue weighted by Crippen LogP contribution is -2.25. The van der Waals surface area contributed by atoms with Crippen LogP contribution in [0.1, 0.15) is 12.8 Å². The van der Waals surface area contributed by atoms with E-state index in [1.807, 2.05) is 36.4 Å². The van der Waals surface area contributed by atoms with Gasteiger partial charge >= 0.3 is 6.03 Å². The Labute approximate surface area is 152 Å². The predicted molar refractivity (Wildman–Crippen MR) is 101 cm³/mol. The Morgan fingerprint density at radius 2 is 2.00 bits per heavy atom. The molecule has 0 unspecified atom stereocenters. The number of nitrogens with two attached hydrogens (primary N) is 1. The smallest absolute Gasteiger partial charge is 0.324 e. The minimum Gasteiger partial charge on any atom is -0.492 e. The highest BCUT2D eigenvalue weighted by Gasteiger charge is 2.11. The first-order valence-electron chi connectivity index (χ1n) is 8.93. The molecule has 1 aromatic carbocycles. The van der Waals surface area contributed by atoms with E-state index in [4.69, 9.17) is 10.5 Å². The zero-order chi connectivity index (χ0) is 17.9. The van der Waals surface area contributed by atoms with E-state index in [1.165, 1.54) is 30.5 Å². The molecule has 1 aliphatic rings. The van der Waals surface area contributed by atoms with Crippen LogP contribution in [0.5, 0.6) is 5.75 Å². The molecule has 4 rings (SSSR count). The number of fused-ring (bicyclic) bond motifs is 1. The van der Waals surface area contributed by atoms with Crippen LogP contribution in [0.4, 0.5) is 4.79 Å². The van der Waals surface area contributed by atoms with Crippen molar-refractivity contribution in [2.45, 2.75) is 12.8 Å². The van der Waals surface area contributed by atoms with Crippen LogP contribution in [0, 0.1) is 0 Å². The molecule has 26 heavy (non-hydrogen) atoms. The molecule has 0 aliphatic carbocycles. The van der Waals surface area contributed by atoms with Crippen molar-refractivity contribution >= 4 is 17.1 Å². The first kappa shape index (κ1) is 16.6. The summed E-state index contributed by atoms with van der Waals surface area (Å²) in [6.07, 6.45) is 5.98. The zero-order valence-corrected chi connectivity index (χ0v) is 14.6. The van der Waals surface area contributed by atoms with Crippen molar-refractivity contribution in [1.29, 1.82) is 0 Å². The van der Waals surface area contributed by atoms with Gasteiger partial charge in [-0.3, -0.25) is 9.47 Å². The van der Waals surface area contributed by atoms with Crippen LogP contribution >= 0.6 is 0 Å². The van der Waals surface area contributed by atoms with Gasteiger partial charge in [-0.25, -0.2) is 9.78 Å². The monoisotopic (exact) mass is 350 g/mol. The third kappa shape index (κ3) is 3.41. The van der Waals surface area contributed by atoms with Gasteiger partial charge < -0.3 is 10.5 Å². The average molecular weight is 350 g/mol. The van der Waals surface area contributed by atoms with Crippen molar-refractivity contribution in [3.05, 3.63) is 48.8 Å². The maximum Gasteiger partial charge on any atom is 0.324 e. The summed E-state index contributed by atoms with van der Waals surface area (Å²) < 4.78 is 7.27. The van der Waals surface area contributed by atoms with E-state index < -0.39 is 6.03 Å². The van der Waals surface area contributed by atoms with Crippen LogP contribution in [-0.2, 0) is 0 Å². The second-order valence-electron chi connectivity index (χ2n) is 6.59. The number of hydrogen-bond donors (Lipinski definition) is 1. The summed E-state index contributed by atoms with van der Waals surface area (Å²) in [7, 11) is 0. The Morgan fingerprint density at radius 3 is 2.81 bits per heavy atom. The number of aromatic nitrogens is 2. The van der Waals surface area contributed by atoms with Crippen LogP contribution in [0.25, 0.3) is 22.2 Å². The van der Waals surface area contributed by atoms with Gasteiger partial charge in [0.05, 0.1) is 0 Å². The standard InChI is InChI=1S/C20H22N4O2/c21-20(25)24-9-6-16-12-17(14-22-19(16)24)15-4-3-5-18(13-15)26-11-10-23-7-1-2-8-23/h3-6,9,12-14H,1-2,7-8,10-11H2,(H2,21,25). The SMILES string of the molecule is NC(=O)n1ccc2cc(-c3cccc(OCCN4CCCC4)c3)cnc21. The number of benzene rings is 1. The molecule has 2 aromatic heterocycles. The lowest BCUT2D eigenvalue weighted by molar-refractivity contribution is 0.238. The topological polar surface area (TPSA) is 73.4 Å². The number of pyridine rings is 1. The van der Waals surface area contributed by atoms with Crippen LogP contribution in [0.2, 0.25) is 0 Å². The molecule has 0 bridgehead atoms. The molecular formula is C20H22N4O2. The summed E-state index contributed by atoms with van der Waals surface area (Å²) in [6.45, 7) is 4.03. The van der Waals surface area contributed by atoms with Crippen molar-refractivity contribution in [2.75, 3.05) is 26.2 Å². The Morgan fingerprint density at radius 1 is 1.15 bits per heavy atom. The fourth-order valence-corrected chi connectivity index (χ4v) is 3.42. The highest BCUT2D eigenvalue weighted by molar-refractivity contribution is 5.90. The number of primary amides is 1. The molecule has 0 radical (unpaired) electrons. The Bertz CT molecular complexity index is 928. The van der Waals surface area contributed by atoms with Crippen molar-refractivity contribution in [3.63, 3.8) is 0 Å². The third-order valence-corrected chi connectivity index (χ3v) is 4.81. The molecule has 6 heteroatoms. The van der Waals surface area contributed by atoms with Crippen molar-refractivity contribution in [3.8, 4) is 16.9 Å². The Balaban J connectivity index is 1.50. The number of rotatable bonds is 5. The highest BCUT2D eigenvalue weighted by atomic mass is 16.5. The van der Waals surface area contributed by atoms with E-state index in [2.05, 4.69) is 9.88 Å². The van der Waals surface area contributed by atoms with Gasteiger partial charge in [0.1, 0.15) is 18.0 Å². The Kier molecular flexibility index (Phi) is 4.58. The fourth-order valence-electron chi connectivity index (χ4n) is 3.42. The van der Waals surface area contributed by atoms with Gasteiger partial charge in [0, 0.05) is 29.9 Å². The van der Waals surface area contributed by atoms with Gasteiger partial charge in [-0.1, -0.05) is 12.1 Å². The van der Waals surface area contributed by atoms with Gasteiger partial charge in [0.2, 0.25) is 0 Å². The van der Waals surface area contributed by atoms with Crippen LogP contribution < -0.4 is 10.5 Å². The molecule has 1 aliphatic heterocycles. The second kappa shape index (κ2) is 7.17. The highest BCUT2D eigenvalue weighted by Crippen LogP contribution is 2.26. The molecule has 1 fully saturated rings. The van der Waals surface area contributed by atoms with Gasteiger partial charge in [-0.15, -0.1) is 0 Å². The number of likely N-dealkylation sites (tertiary alicyclic amines) is 1. The number of ether oxygens (including phenoxy) is 1. The molecule has 0 atom stereocenters. The molecule has 134 valence electrons. The molecular weight excluding hydrogens is 328 g/mol. The zero-order valence-electron chi connectivity index (χ0n) is 14.6. The van der Waals surface area contributed by atoms with E-state index in [-0.39, 0.29) is 0 Å². The lowest BCUT2D eigenvalue weighted by atomic mass is 10.1. The van der Waals surface area contributed by atoms with E-state index in [0.29, 0.717) is 12.3 Å². The maximum absolute atomic E-state index is 11.4. The summed E-state index contributed by atoms with van der Waals surface area (Å²) in [5, 5.41) is 0.877. The number of carbonyl (C=O) groups excluding carboxylic acids is 1. The number of nitrogens with zero attached hydrogens (tertiary/aromatic N) is 3. The lowest BCUT2D eigenvalue weighted by Gasteiger charge is -2.15. The first-order valence-corrected chi connectivity index (χ1v) is 8.93. The largest absolute Gasteiger partial charge is 0.492 e. The second-order valence-corrected chi connectivity index (χ2v) is 6.59. The van der Waals surface area contributed by atoms with E-state index in [0.717, 1.165) is 28.8 Å². The maximum atomic E-state index is 11.4. The first-order chi connectivity index (χ1) is 12.7. The molecule has 3 heterocycles. The molecule has 1 saturated heterocycles. The van der Waals surface area contributed by atoms with Crippen LogP contribution in [0.15, 0.2) is 48.8 Å². The summed E-state index contributed by atoms with van der Waals surface area (Å²) in [5.41, 5.74) is 7.93. The quantitative estimate of drug-likeness (QED) is 0.767. The Hall–Kier alpha value is -2.86. The summed E-state index contributed by atoms with van der Waals surface area (Å²) >= 11 is 0. The minimum atomic E-state index is -0.534. The van der Waals surface area contributed by atoms with Gasteiger partial charge in [0.15, 0.2) is 0 Å². The summed E-state index contributed by atoms with van der Waals surface area (Å²) in [6, 6.07) is 11.3. The van der Waals surface area contributed by atoms with Gasteiger partial charge in [0.25, 0.3) is 0 Å². The van der Waals surface area contributed by atoms with Gasteiger partial charge in [-0.05, 0) is 55.8 Å². The normalized spacial score (nSPS) is 14.8. The van der Waals surface area contributed by atoms with Crippen molar-refractivity contribution < 1.29 is 9.53 Å². The van der Waals surface area contributed by atoms with E-state index in [1.54, 1.807) is 12.4 Å². The van der Waals surface area contributed by atoms with Gasteiger partial charge in [-0.2, -0.15) is 0 Å². The van der Waals surface area contributed by atoms with E-state index >= 15 is 0 Å². The van der Waals surface area contributed by atoms with Crippen LogP contribution in [-0.4, -0.2) is 46.7 Å². The summed E-state index contributed by atoms with van der Waals surface area (Å²) in [5.74, 6) is 0.858. The third-order valence-electron chi connectivity index (χ3n) is 4.81. The predicted octanol–water partition coefficient (Wildman–Crippen LogP) is 3.10. The molecule has 0 spiro atoms. The molecule has 0 saturated carbocycles. The fraction of sp³-hybridized carbons (Fsp3) is 0.300. The summed E-state index contributed by atoms with van der Waals surface area (Å²) in [4.78, 5) is 18.2. The molecule has 3 aromatic rings. The van der Waals surface area contributed by atoms with Crippen molar-refractivity contribution in [1.82, 2.24) is 14.5 Å².